The van der Waals surface area contributed by atoms with Gasteiger partial charge in [-0.25, -0.2) is 0 Å². The summed E-state index contributed by atoms with van der Waals surface area (Å²) in [6.07, 6.45) is 10.9. The van der Waals surface area contributed by atoms with E-state index in [1.165, 1.54) is 0 Å². The fourth-order valence-corrected chi connectivity index (χ4v) is 12.2. The molecular weight excluding hydrogens is 348 g/mol. The second-order valence-corrected chi connectivity index (χ2v) is 15.1. The van der Waals surface area contributed by atoms with Gasteiger partial charge in [0.05, 0.1) is 0 Å². The molecule has 0 rings (SSSR count). The van der Waals surface area contributed by atoms with Crippen LogP contribution in [-0.4, -0.2) is 25.8 Å². The summed E-state index contributed by atoms with van der Waals surface area (Å²) in [5.41, 5.74) is 0. The van der Waals surface area contributed by atoms with Crippen LogP contribution in [0.4, 0.5) is 0 Å². The van der Waals surface area contributed by atoms with Gasteiger partial charge >= 0.3 is 9.17 Å². The molecule has 0 fully saturated rings. The smallest absolute Gasteiger partial charge is 0.551 e. The van der Waals surface area contributed by atoms with E-state index in [4.69, 9.17) is 8.23 Å². The SMILES string of the molecule is C=CC[Si](CC=C)(CC=C)O[Si](=O)O[Si](CC=C)(CC=C)CC=C. The molecule has 0 unspecified atom stereocenters. The Bertz CT molecular complexity index is 391. The Hall–Kier alpha value is -1.51. The first-order valence-corrected chi connectivity index (χ1v) is 14.3. The maximum atomic E-state index is 12.7. The summed E-state index contributed by atoms with van der Waals surface area (Å²) >= 11 is 0. The van der Waals surface area contributed by atoms with Crippen molar-refractivity contribution < 1.29 is 12.7 Å². The summed E-state index contributed by atoms with van der Waals surface area (Å²) in [5.74, 6) is 0. The molecule has 0 atom stereocenters. The molecule has 24 heavy (non-hydrogen) atoms. The van der Waals surface area contributed by atoms with Crippen molar-refractivity contribution in [2.45, 2.75) is 36.3 Å². The second kappa shape index (κ2) is 11.9. The predicted molar refractivity (Wildman–Crippen MR) is 110 cm³/mol. The zero-order chi connectivity index (χ0) is 18.5. The van der Waals surface area contributed by atoms with Gasteiger partial charge in [0.2, 0.25) is 16.6 Å². The molecule has 6 heteroatoms. The van der Waals surface area contributed by atoms with Crippen molar-refractivity contribution >= 4 is 25.8 Å². The maximum absolute atomic E-state index is 12.7. The average molecular weight is 379 g/mol. The van der Waals surface area contributed by atoms with E-state index in [0.29, 0.717) is 36.3 Å². The third kappa shape index (κ3) is 7.37. The summed E-state index contributed by atoms with van der Waals surface area (Å²) in [6, 6.07) is 4.11. The Labute approximate surface area is 150 Å². The lowest BCUT2D eigenvalue weighted by Crippen LogP contribution is -2.46. The van der Waals surface area contributed by atoms with E-state index < -0.39 is 25.8 Å². The summed E-state index contributed by atoms with van der Waals surface area (Å²) in [6.45, 7) is 22.8. The summed E-state index contributed by atoms with van der Waals surface area (Å²) in [5, 5.41) is 0. The van der Waals surface area contributed by atoms with Gasteiger partial charge in [0, 0.05) is 0 Å². The zero-order valence-corrected chi connectivity index (χ0v) is 17.7. The van der Waals surface area contributed by atoms with Gasteiger partial charge in [0.1, 0.15) is 0 Å². The summed E-state index contributed by atoms with van der Waals surface area (Å²) < 4.78 is 24.8. The van der Waals surface area contributed by atoms with Crippen molar-refractivity contribution in [3.63, 3.8) is 0 Å². The molecule has 0 N–H and O–H groups in total. The molecule has 0 bridgehead atoms. The maximum Gasteiger partial charge on any atom is 0.736 e. The highest BCUT2D eigenvalue weighted by atomic mass is 28.4. The van der Waals surface area contributed by atoms with Crippen LogP contribution in [0.1, 0.15) is 0 Å². The average Bonchev–Trinajstić information content (AvgIpc) is 2.48. The van der Waals surface area contributed by atoms with E-state index in [0.717, 1.165) is 0 Å². The molecule has 0 spiro atoms. The molecule has 0 aromatic rings. The molecule has 0 amide bonds. The number of rotatable bonds is 16. The first kappa shape index (κ1) is 22.5. The third-order valence-electron chi connectivity index (χ3n) is 3.70. The minimum atomic E-state index is -2.65. The molecule has 0 aromatic heterocycles. The van der Waals surface area contributed by atoms with Crippen LogP contribution in [0.15, 0.2) is 75.9 Å². The highest BCUT2D eigenvalue weighted by Gasteiger charge is 2.41. The monoisotopic (exact) mass is 378 g/mol. The lowest BCUT2D eigenvalue weighted by molar-refractivity contribution is 0.335. The van der Waals surface area contributed by atoms with Gasteiger partial charge in [-0.15, -0.1) is 39.5 Å². The highest BCUT2D eigenvalue weighted by molar-refractivity contribution is 6.82. The molecule has 0 aliphatic rings. The van der Waals surface area contributed by atoms with E-state index in [1.807, 2.05) is 36.5 Å². The van der Waals surface area contributed by atoms with Gasteiger partial charge in [-0.05, 0) is 36.3 Å². The van der Waals surface area contributed by atoms with Crippen LogP contribution < -0.4 is 0 Å². The molecule has 0 saturated heterocycles. The standard InChI is InChI=1S/C18H30O3Si3/c1-7-13-23(14-8-2,15-9-3)20-22(19)21-24(16-10-4,17-11-5)18-12-6/h7-12H,1-6,13-18H2. The molecule has 0 aliphatic heterocycles. The molecule has 0 aliphatic carbocycles. The Morgan fingerprint density at radius 2 is 0.792 bits per heavy atom. The first-order chi connectivity index (χ1) is 11.5. The minimum absolute atomic E-state index is 0.684. The van der Waals surface area contributed by atoms with Crippen molar-refractivity contribution in [1.82, 2.24) is 0 Å². The van der Waals surface area contributed by atoms with Crippen LogP contribution in [0, 0.1) is 0 Å². The van der Waals surface area contributed by atoms with E-state index in [1.54, 1.807) is 0 Å². The lowest BCUT2D eigenvalue weighted by Gasteiger charge is -2.33. The van der Waals surface area contributed by atoms with E-state index in [2.05, 4.69) is 39.5 Å². The number of hydrogen-bond donors (Lipinski definition) is 0. The third-order valence-corrected chi connectivity index (χ3v) is 14.7. The fraction of sp³-hybridized carbons (Fsp3) is 0.333. The van der Waals surface area contributed by atoms with Gasteiger partial charge in [0.15, 0.2) is 0 Å². The van der Waals surface area contributed by atoms with Crippen molar-refractivity contribution in [1.29, 1.82) is 0 Å². The molecule has 132 valence electrons. The van der Waals surface area contributed by atoms with Gasteiger partial charge in [0.25, 0.3) is 0 Å². The van der Waals surface area contributed by atoms with E-state index >= 15 is 0 Å². The molecule has 0 saturated carbocycles. The van der Waals surface area contributed by atoms with Crippen LogP contribution in [-0.2, 0) is 12.7 Å². The fourth-order valence-electron chi connectivity index (χ4n) is 2.70. The first-order valence-electron chi connectivity index (χ1n) is 8.04. The Kier molecular flexibility index (Phi) is 11.2. The summed E-state index contributed by atoms with van der Waals surface area (Å²) in [4.78, 5) is 0. The van der Waals surface area contributed by atoms with Crippen molar-refractivity contribution in [3.05, 3.63) is 75.9 Å². The van der Waals surface area contributed by atoms with Crippen LogP contribution in [0.2, 0.25) is 36.3 Å². The zero-order valence-electron chi connectivity index (χ0n) is 14.7. The normalized spacial score (nSPS) is 11.0. The molecule has 0 heterocycles. The van der Waals surface area contributed by atoms with E-state index in [9.17, 15) is 4.46 Å². The van der Waals surface area contributed by atoms with Gasteiger partial charge < -0.3 is 8.23 Å². The summed E-state index contributed by atoms with van der Waals surface area (Å²) in [7, 11) is -7.30. The topological polar surface area (TPSA) is 35.5 Å². The van der Waals surface area contributed by atoms with Crippen LogP contribution in [0.25, 0.3) is 0 Å². The van der Waals surface area contributed by atoms with Crippen molar-refractivity contribution in [3.8, 4) is 0 Å². The van der Waals surface area contributed by atoms with Crippen molar-refractivity contribution in [2.24, 2.45) is 0 Å². The minimum Gasteiger partial charge on any atom is -0.551 e. The van der Waals surface area contributed by atoms with Gasteiger partial charge in [-0.2, -0.15) is 0 Å². The molecule has 0 aromatic carbocycles. The lowest BCUT2D eigenvalue weighted by atomic mass is 10.7. The van der Waals surface area contributed by atoms with Gasteiger partial charge in [-0.1, -0.05) is 36.5 Å². The molecule has 3 nitrogen and oxygen atoms in total. The van der Waals surface area contributed by atoms with Crippen LogP contribution >= 0.6 is 0 Å². The Morgan fingerprint density at radius 1 is 0.583 bits per heavy atom. The van der Waals surface area contributed by atoms with Crippen molar-refractivity contribution in [2.75, 3.05) is 0 Å². The second-order valence-electron chi connectivity index (χ2n) is 5.78. The quantitative estimate of drug-likeness (QED) is 0.265. The highest BCUT2D eigenvalue weighted by Crippen LogP contribution is 2.28. The number of hydrogen-bond acceptors (Lipinski definition) is 3. The predicted octanol–water partition coefficient (Wildman–Crippen LogP) is 5.44. The molecule has 0 radical (unpaired) electrons. The Balaban J connectivity index is 5.37. The van der Waals surface area contributed by atoms with E-state index in [-0.39, 0.29) is 0 Å². The molecular formula is C18H30O3Si3. The largest absolute Gasteiger partial charge is 0.736 e. The van der Waals surface area contributed by atoms with Crippen LogP contribution in [0.3, 0.4) is 0 Å². The van der Waals surface area contributed by atoms with Crippen LogP contribution in [0.5, 0.6) is 0 Å². The Morgan fingerprint density at radius 3 is 0.958 bits per heavy atom. The van der Waals surface area contributed by atoms with Gasteiger partial charge in [-0.3, -0.25) is 4.46 Å². The number of allylic oxidation sites excluding steroid dienone is 6.